The topological polar surface area (TPSA) is 60.7 Å². The van der Waals surface area contributed by atoms with Crippen LogP contribution in [0.5, 0.6) is 17.2 Å². The molecule has 0 saturated heterocycles. The predicted molar refractivity (Wildman–Crippen MR) is 101 cm³/mol. The van der Waals surface area contributed by atoms with Crippen molar-refractivity contribution in [2.45, 2.75) is 90.9 Å². The van der Waals surface area contributed by atoms with Gasteiger partial charge in [-0.25, -0.2) is 0 Å². The monoisotopic (exact) mass is 346 g/mol. The summed E-state index contributed by atoms with van der Waals surface area (Å²) in [5, 5.41) is 30.5. The number of aromatic hydroxyl groups is 3. The van der Waals surface area contributed by atoms with Crippen molar-refractivity contribution >= 4 is 0 Å². The van der Waals surface area contributed by atoms with Crippen LogP contribution in [0.25, 0.3) is 0 Å². The lowest BCUT2D eigenvalue weighted by Crippen LogP contribution is -2.00. The third-order valence-electron chi connectivity index (χ3n) is 6.60. The Bertz CT molecular complexity index is 612. The number of unbranched alkanes of at least 4 members (excludes halogenated alkanes) is 2. The fourth-order valence-corrected chi connectivity index (χ4v) is 3.92. The molecule has 0 unspecified atom stereocenters. The summed E-state index contributed by atoms with van der Waals surface area (Å²) in [4.78, 5) is 0. The molecule has 0 aliphatic heterocycles. The van der Waals surface area contributed by atoms with Gasteiger partial charge in [0.05, 0.1) is 0 Å². The minimum absolute atomic E-state index is 0.0282. The molecule has 2 aliphatic carbocycles. The third-order valence-corrected chi connectivity index (χ3v) is 6.60. The molecule has 1 aromatic rings. The molecule has 0 atom stereocenters. The fraction of sp³-hybridized carbons (Fsp3) is 0.727. The zero-order valence-electron chi connectivity index (χ0n) is 15.9. The summed E-state index contributed by atoms with van der Waals surface area (Å²) in [5.74, 6) is -0.0902. The zero-order valence-corrected chi connectivity index (χ0v) is 15.9. The largest absolute Gasteiger partial charge is 0.508 e. The van der Waals surface area contributed by atoms with Crippen LogP contribution in [-0.4, -0.2) is 15.3 Å². The van der Waals surface area contributed by atoms with E-state index in [1.807, 2.05) is 0 Å². The van der Waals surface area contributed by atoms with Crippen molar-refractivity contribution in [1.29, 1.82) is 0 Å². The van der Waals surface area contributed by atoms with Gasteiger partial charge in [-0.1, -0.05) is 26.7 Å². The summed E-state index contributed by atoms with van der Waals surface area (Å²) in [6.07, 6.45) is 13.7. The lowest BCUT2D eigenvalue weighted by molar-refractivity contribution is 0.387. The van der Waals surface area contributed by atoms with Crippen LogP contribution in [0.2, 0.25) is 0 Å². The van der Waals surface area contributed by atoms with Crippen molar-refractivity contribution in [2.24, 2.45) is 10.8 Å². The second-order valence-corrected chi connectivity index (χ2v) is 9.26. The molecule has 3 heteroatoms. The molecule has 0 bridgehead atoms. The average molecular weight is 347 g/mol. The maximum Gasteiger partial charge on any atom is 0.161 e. The molecule has 0 aromatic heterocycles. The number of hydrogen-bond acceptors (Lipinski definition) is 3. The molecule has 1 aromatic carbocycles. The van der Waals surface area contributed by atoms with Crippen molar-refractivity contribution in [3.05, 3.63) is 17.2 Å². The molecular formula is C22H34O3. The molecule has 3 nitrogen and oxygen atoms in total. The van der Waals surface area contributed by atoms with Crippen LogP contribution < -0.4 is 0 Å². The number of hydrogen-bond donors (Lipinski definition) is 3. The molecule has 0 spiro atoms. The molecule has 2 saturated carbocycles. The van der Waals surface area contributed by atoms with Gasteiger partial charge in [0.25, 0.3) is 0 Å². The first-order valence-electron chi connectivity index (χ1n) is 10.1. The number of benzene rings is 1. The van der Waals surface area contributed by atoms with Gasteiger partial charge in [-0.05, 0) is 75.0 Å². The quantitative estimate of drug-likeness (QED) is 0.284. The van der Waals surface area contributed by atoms with Crippen LogP contribution in [0.4, 0.5) is 0 Å². The Morgan fingerprint density at radius 1 is 0.720 bits per heavy atom. The third kappa shape index (κ3) is 4.83. The predicted octanol–water partition coefficient (Wildman–Crippen LogP) is 5.83. The van der Waals surface area contributed by atoms with Crippen molar-refractivity contribution in [3.63, 3.8) is 0 Å². The zero-order chi connectivity index (χ0) is 18.1. The van der Waals surface area contributed by atoms with Crippen molar-refractivity contribution in [1.82, 2.24) is 0 Å². The summed E-state index contributed by atoms with van der Waals surface area (Å²) in [6, 6.07) is 1.29. The molecule has 3 rings (SSSR count). The van der Waals surface area contributed by atoms with Gasteiger partial charge in [0.1, 0.15) is 5.75 Å². The summed E-state index contributed by atoms with van der Waals surface area (Å²) >= 11 is 0. The van der Waals surface area contributed by atoms with E-state index in [0.29, 0.717) is 10.8 Å². The van der Waals surface area contributed by atoms with Crippen LogP contribution in [0.3, 0.4) is 0 Å². The highest BCUT2D eigenvalue weighted by molar-refractivity contribution is 5.55. The van der Waals surface area contributed by atoms with E-state index in [4.69, 9.17) is 0 Å². The van der Waals surface area contributed by atoms with Gasteiger partial charge < -0.3 is 15.3 Å². The molecule has 140 valence electrons. The lowest BCUT2D eigenvalue weighted by atomic mass is 9.92. The first kappa shape index (κ1) is 18.4. The Morgan fingerprint density at radius 2 is 1.20 bits per heavy atom. The van der Waals surface area contributed by atoms with Gasteiger partial charge in [-0.15, -0.1) is 0 Å². The van der Waals surface area contributed by atoms with Crippen molar-refractivity contribution < 1.29 is 15.3 Å². The van der Waals surface area contributed by atoms with Gasteiger partial charge in [0, 0.05) is 17.2 Å². The number of phenolic OH excluding ortho intramolecular Hbond substituents is 3. The summed E-state index contributed by atoms with van der Waals surface area (Å²) < 4.78 is 0. The van der Waals surface area contributed by atoms with E-state index >= 15 is 0 Å². The summed E-state index contributed by atoms with van der Waals surface area (Å²) in [6.45, 7) is 4.69. The Labute approximate surface area is 152 Å². The fourth-order valence-electron chi connectivity index (χ4n) is 3.92. The molecule has 25 heavy (non-hydrogen) atoms. The second kappa shape index (κ2) is 7.09. The maximum atomic E-state index is 10.3. The highest BCUT2D eigenvalue weighted by Gasteiger charge is 2.36. The van der Waals surface area contributed by atoms with E-state index in [1.54, 1.807) is 0 Å². The molecule has 3 N–H and O–H groups in total. The van der Waals surface area contributed by atoms with E-state index in [0.717, 1.165) is 49.7 Å². The summed E-state index contributed by atoms with van der Waals surface area (Å²) in [7, 11) is 0. The second-order valence-electron chi connectivity index (χ2n) is 9.26. The molecule has 0 radical (unpaired) electrons. The summed E-state index contributed by atoms with van der Waals surface area (Å²) in [5.41, 5.74) is 2.73. The number of phenols is 3. The molecule has 0 amide bonds. The SMILES string of the molecule is CC1(CCCCc2c(O)cc(O)c(O)c2CCCCC2(C)CC2)CC1. The van der Waals surface area contributed by atoms with Crippen molar-refractivity contribution in [2.75, 3.05) is 0 Å². The maximum absolute atomic E-state index is 10.3. The highest BCUT2D eigenvalue weighted by atomic mass is 16.3. The van der Waals surface area contributed by atoms with Crippen LogP contribution in [0.15, 0.2) is 6.07 Å². The molecular weight excluding hydrogens is 312 g/mol. The normalized spacial score (nSPS) is 19.8. The smallest absolute Gasteiger partial charge is 0.161 e. The van der Waals surface area contributed by atoms with Crippen LogP contribution >= 0.6 is 0 Å². The minimum Gasteiger partial charge on any atom is -0.508 e. The Balaban J connectivity index is 1.57. The minimum atomic E-state index is -0.198. The Morgan fingerprint density at radius 3 is 1.68 bits per heavy atom. The lowest BCUT2D eigenvalue weighted by Gasteiger charge is -2.16. The van der Waals surface area contributed by atoms with Gasteiger partial charge in [-0.3, -0.25) is 0 Å². The van der Waals surface area contributed by atoms with Gasteiger partial charge >= 0.3 is 0 Å². The van der Waals surface area contributed by atoms with E-state index in [2.05, 4.69) is 13.8 Å². The van der Waals surface area contributed by atoms with Gasteiger partial charge in [-0.2, -0.15) is 0 Å². The molecule has 2 aliphatic rings. The highest BCUT2D eigenvalue weighted by Crippen LogP contribution is 2.50. The van der Waals surface area contributed by atoms with E-state index < -0.39 is 0 Å². The standard InChI is InChI=1S/C22H34O3/c1-21(11-12-21)9-5-3-7-16-17(20(25)19(24)15-18(16)23)8-4-6-10-22(2)13-14-22/h15,23-25H,3-14H2,1-2H3. The van der Waals surface area contributed by atoms with E-state index in [1.165, 1.54) is 44.6 Å². The molecule has 0 heterocycles. The Hall–Kier alpha value is -1.38. The first-order chi connectivity index (χ1) is 11.8. The van der Waals surface area contributed by atoms with Crippen molar-refractivity contribution in [3.8, 4) is 17.2 Å². The first-order valence-corrected chi connectivity index (χ1v) is 10.1. The Kier molecular flexibility index (Phi) is 5.22. The van der Waals surface area contributed by atoms with Crippen LogP contribution in [-0.2, 0) is 12.8 Å². The van der Waals surface area contributed by atoms with Crippen LogP contribution in [0, 0.1) is 10.8 Å². The van der Waals surface area contributed by atoms with Gasteiger partial charge in [0.2, 0.25) is 0 Å². The van der Waals surface area contributed by atoms with E-state index in [9.17, 15) is 15.3 Å². The average Bonchev–Trinajstić information content (AvgIpc) is 3.47. The van der Waals surface area contributed by atoms with Crippen LogP contribution in [0.1, 0.15) is 89.2 Å². The van der Waals surface area contributed by atoms with E-state index in [-0.39, 0.29) is 17.2 Å². The van der Waals surface area contributed by atoms with Gasteiger partial charge in [0.15, 0.2) is 11.5 Å². The number of rotatable bonds is 10. The molecule has 2 fully saturated rings.